The van der Waals surface area contributed by atoms with Crippen molar-refractivity contribution in [1.29, 1.82) is 0 Å². The van der Waals surface area contributed by atoms with Gasteiger partial charge in [-0.3, -0.25) is 9.48 Å². The van der Waals surface area contributed by atoms with Crippen LogP contribution in [-0.4, -0.2) is 29.2 Å². The molecule has 8 heteroatoms. The summed E-state index contributed by atoms with van der Waals surface area (Å²) in [4.78, 5) is 13.8. The van der Waals surface area contributed by atoms with Crippen LogP contribution < -0.4 is 5.56 Å². The third-order valence-corrected chi connectivity index (χ3v) is 5.33. The molecular formula is C17H16N6OS. The summed E-state index contributed by atoms with van der Waals surface area (Å²) in [7, 11) is 0. The minimum atomic E-state index is -0.0745. The van der Waals surface area contributed by atoms with Crippen molar-refractivity contribution < 1.29 is 0 Å². The van der Waals surface area contributed by atoms with Gasteiger partial charge in [0.2, 0.25) is 0 Å². The van der Waals surface area contributed by atoms with Crippen molar-refractivity contribution in [2.45, 2.75) is 25.9 Å². The highest BCUT2D eigenvalue weighted by Crippen LogP contribution is 2.30. The molecule has 4 aromatic rings. The van der Waals surface area contributed by atoms with Gasteiger partial charge in [0, 0.05) is 18.9 Å². The van der Waals surface area contributed by atoms with Gasteiger partial charge >= 0.3 is 0 Å². The van der Waals surface area contributed by atoms with Crippen LogP contribution in [0.2, 0.25) is 0 Å². The molecule has 0 saturated heterocycles. The van der Waals surface area contributed by atoms with E-state index in [2.05, 4.69) is 15.4 Å². The molecule has 25 heavy (non-hydrogen) atoms. The molecule has 4 aromatic heterocycles. The summed E-state index contributed by atoms with van der Waals surface area (Å²) >= 11 is 1.61. The second-order valence-corrected chi connectivity index (χ2v) is 7.39. The standard InChI is InChI=1S/C17H16N6OS/c24-17-15-8-14(16-2-1-7-25-16)19-23(15)6-5-21(17)10-13-11-22(20-18-13)9-12-3-4-12/h1-2,5-8,11-12H,3-4,9-10H2. The summed E-state index contributed by atoms with van der Waals surface area (Å²) in [5.74, 6) is 0.746. The molecule has 4 heterocycles. The Kier molecular flexibility index (Phi) is 3.30. The first-order valence-electron chi connectivity index (χ1n) is 8.28. The van der Waals surface area contributed by atoms with Crippen LogP contribution in [0.5, 0.6) is 0 Å². The smallest absolute Gasteiger partial charge is 0.276 e. The highest BCUT2D eigenvalue weighted by atomic mass is 32.1. The maximum atomic E-state index is 12.8. The van der Waals surface area contributed by atoms with E-state index in [4.69, 9.17) is 0 Å². The quantitative estimate of drug-likeness (QED) is 0.552. The number of thiophene rings is 1. The van der Waals surface area contributed by atoms with E-state index in [0.29, 0.717) is 12.1 Å². The Morgan fingerprint density at radius 1 is 1.28 bits per heavy atom. The van der Waals surface area contributed by atoms with Crippen molar-refractivity contribution in [3.63, 3.8) is 0 Å². The molecule has 1 fully saturated rings. The average molecular weight is 352 g/mol. The summed E-state index contributed by atoms with van der Waals surface area (Å²) in [6, 6.07) is 5.82. The summed E-state index contributed by atoms with van der Waals surface area (Å²) in [6.45, 7) is 1.34. The summed E-state index contributed by atoms with van der Waals surface area (Å²) in [5.41, 5.74) is 2.11. The minimum absolute atomic E-state index is 0.0745. The summed E-state index contributed by atoms with van der Waals surface area (Å²) < 4.78 is 5.17. The van der Waals surface area contributed by atoms with E-state index in [1.165, 1.54) is 12.8 Å². The Morgan fingerprint density at radius 2 is 2.20 bits per heavy atom. The fourth-order valence-electron chi connectivity index (χ4n) is 2.94. The monoisotopic (exact) mass is 352 g/mol. The lowest BCUT2D eigenvalue weighted by Crippen LogP contribution is -2.21. The lowest BCUT2D eigenvalue weighted by molar-refractivity contribution is 0.544. The van der Waals surface area contributed by atoms with Crippen LogP contribution in [0.15, 0.2) is 47.0 Å². The molecule has 0 unspecified atom stereocenters. The van der Waals surface area contributed by atoms with Crippen molar-refractivity contribution in [3.8, 4) is 10.6 Å². The molecule has 0 atom stereocenters. The molecule has 0 N–H and O–H groups in total. The van der Waals surface area contributed by atoms with Crippen molar-refractivity contribution in [2.24, 2.45) is 5.92 Å². The molecule has 0 spiro atoms. The number of hydrogen-bond donors (Lipinski definition) is 0. The van der Waals surface area contributed by atoms with Crippen LogP contribution in [0.1, 0.15) is 18.5 Å². The number of fused-ring (bicyclic) bond motifs is 1. The van der Waals surface area contributed by atoms with Crippen molar-refractivity contribution in [3.05, 3.63) is 58.2 Å². The SMILES string of the molecule is O=c1c2cc(-c3cccs3)nn2ccn1Cc1cn(CC2CC2)nn1. The molecule has 126 valence electrons. The number of hydrogen-bond acceptors (Lipinski definition) is 5. The van der Waals surface area contributed by atoms with Gasteiger partial charge in [-0.2, -0.15) is 5.10 Å². The first-order chi connectivity index (χ1) is 12.3. The van der Waals surface area contributed by atoms with E-state index in [0.717, 1.165) is 28.7 Å². The predicted molar refractivity (Wildman–Crippen MR) is 94.6 cm³/mol. The van der Waals surface area contributed by atoms with Crippen LogP contribution in [-0.2, 0) is 13.1 Å². The topological polar surface area (TPSA) is 70.0 Å². The van der Waals surface area contributed by atoms with E-state index >= 15 is 0 Å². The van der Waals surface area contributed by atoms with Gasteiger partial charge in [-0.05, 0) is 36.3 Å². The number of aromatic nitrogens is 6. The first kappa shape index (κ1) is 14.6. The second-order valence-electron chi connectivity index (χ2n) is 6.44. The molecule has 1 aliphatic carbocycles. The molecule has 1 saturated carbocycles. The van der Waals surface area contributed by atoms with Crippen molar-refractivity contribution in [2.75, 3.05) is 0 Å². The molecule has 7 nitrogen and oxygen atoms in total. The highest BCUT2D eigenvalue weighted by molar-refractivity contribution is 7.13. The van der Waals surface area contributed by atoms with Crippen LogP contribution in [0.4, 0.5) is 0 Å². The van der Waals surface area contributed by atoms with Crippen molar-refractivity contribution >= 4 is 16.9 Å². The van der Waals surface area contributed by atoms with Gasteiger partial charge in [-0.15, -0.1) is 16.4 Å². The molecule has 0 bridgehead atoms. The Labute approximate surface area is 147 Å². The maximum absolute atomic E-state index is 12.8. The van der Waals surface area contributed by atoms with E-state index in [-0.39, 0.29) is 5.56 Å². The Balaban J connectivity index is 1.45. The minimum Gasteiger partial charge on any atom is -0.306 e. The Bertz CT molecular complexity index is 1090. The maximum Gasteiger partial charge on any atom is 0.276 e. The zero-order chi connectivity index (χ0) is 16.8. The lowest BCUT2D eigenvalue weighted by Gasteiger charge is -2.03. The molecular weight excluding hydrogens is 336 g/mol. The summed E-state index contributed by atoms with van der Waals surface area (Å²) in [5, 5.41) is 14.8. The fraction of sp³-hybridized carbons (Fsp3) is 0.294. The number of nitrogens with zero attached hydrogens (tertiary/aromatic N) is 6. The Hall–Kier alpha value is -2.74. The second kappa shape index (κ2) is 5.66. The molecule has 5 rings (SSSR count). The van der Waals surface area contributed by atoms with Gasteiger partial charge in [0.25, 0.3) is 5.56 Å². The zero-order valence-corrected chi connectivity index (χ0v) is 14.3. The predicted octanol–water partition coefficient (Wildman–Crippen LogP) is 2.27. The Morgan fingerprint density at radius 3 is 3.00 bits per heavy atom. The third kappa shape index (κ3) is 2.78. The molecule has 0 aliphatic heterocycles. The largest absolute Gasteiger partial charge is 0.306 e. The van der Waals surface area contributed by atoms with Gasteiger partial charge in [-0.25, -0.2) is 4.52 Å². The highest BCUT2D eigenvalue weighted by Gasteiger charge is 2.22. The average Bonchev–Trinajstić information content (AvgIpc) is 3.04. The summed E-state index contributed by atoms with van der Waals surface area (Å²) in [6.07, 6.45) is 8.05. The van der Waals surface area contributed by atoms with Crippen LogP contribution in [0, 0.1) is 5.92 Å². The van der Waals surface area contributed by atoms with Crippen LogP contribution in [0.25, 0.3) is 16.1 Å². The fourth-order valence-corrected chi connectivity index (χ4v) is 3.62. The van der Waals surface area contributed by atoms with Crippen LogP contribution >= 0.6 is 11.3 Å². The first-order valence-corrected chi connectivity index (χ1v) is 9.16. The van der Waals surface area contributed by atoms with Crippen molar-refractivity contribution in [1.82, 2.24) is 29.2 Å². The van der Waals surface area contributed by atoms with E-state index in [9.17, 15) is 4.79 Å². The van der Waals surface area contributed by atoms with Gasteiger partial charge in [0.1, 0.15) is 16.9 Å². The van der Waals surface area contributed by atoms with E-state index < -0.39 is 0 Å². The van der Waals surface area contributed by atoms with Gasteiger partial charge < -0.3 is 4.57 Å². The van der Waals surface area contributed by atoms with E-state index in [1.807, 2.05) is 40.7 Å². The number of rotatable bonds is 5. The molecule has 1 aliphatic rings. The molecule has 0 radical (unpaired) electrons. The lowest BCUT2D eigenvalue weighted by atomic mass is 10.3. The normalized spacial score (nSPS) is 14.4. The van der Waals surface area contributed by atoms with Gasteiger partial charge in [-0.1, -0.05) is 11.3 Å². The van der Waals surface area contributed by atoms with Crippen LogP contribution in [0.3, 0.4) is 0 Å². The van der Waals surface area contributed by atoms with Gasteiger partial charge in [0.15, 0.2) is 0 Å². The third-order valence-electron chi connectivity index (χ3n) is 4.44. The molecule has 0 amide bonds. The zero-order valence-electron chi connectivity index (χ0n) is 13.4. The van der Waals surface area contributed by atoms with Gasteiger partial charge in [0.05, 0.1) is 17.6 Å². The van der Waals surface area contributed by atoms with E-state index in [1.54, 1.807) is 26.6 Å². The molecule has 0 aromatic carbocycles.